The first-order chi connectivity index (χ1) is 14.9. The number of benzene rings is 2. The molecule has 1 amide bonds. The van der Waals surface area contributed by atoms with Crippen LogP contribution in [0.4, 0.5) is 4.79 Å². The van der Waals surface area contributed by atoms with E-state index < -0.39 is 24.3 Å². The molecular formula is C23H27NO7. The Hall–Kier alpha value is -3.23. The van der Waals surface area contributed by atoms with Crippen LogP contribution < -0.4 is 5.32 Å². The molecule has 0 aliphatic rings. The zero-order valence-corrected chi connectivity index (χ0v) is 17.3. The van der Waals surface area contributed by atoms with Gasteiger partial charge in [0.1, 0.15) is 12.7 Å². The van der Waals surface area contributed by atoms with Gasteiger partial charge in [0.2, 0.25) is 0 Å². The van der Waals surface area contributed by atoms with Gasteiger partial charge >= 0.3 is 12.1 Å². The summed E-state index contributed by atoms with van der Waals surface area (Å²) < 4.78 is 9.59. The Balaban J connectivity index is 1.74. The number of carbonyl (C=O) groups is 3. The van der Waals surface area contributed by atoms with Gasteiger partial charge in [-0.3, -0.25) is 9.59 Å². The average molecular weight is 429 g/mol. The molecule has 0 heterocycles. The van der Waals surface area contributed by atoms with Crippen LogP contribution in [0.3, 0.4) is 0 Å². The molecule has 31 heavy (non-hydrogen) atoms. The minimum Gasteiger partial charge on any atom is -0.469 e. The summed E-state index contributed by atoms with van der Waals surface area (Å²) in [5, 5.41) is 23.0. The molecule has 2 aromatic rings. The highest BCUT2D eigenvalue weighted by atomic mass is 16.5. The van der Waals surface area contributed by atoms with E-state index in [-0.39, 0.29) is 38.2 Å². The van der Waals surface area contributed by atoms with E-state index in [0.717, 1.165) is 5.56 Å². The van der Waals surface area contributed by atoms with E-state index in [1.54, 1.807) is 12.1 Å². The summed E-state index contributed by atoms with van der Waals surface area (Å²) in [6, 6.07) is 15.4. The zero-order valence-electron chi connectivity index (χ0n) is 17.3. The Morgan fingerprint density at radius 2 is 1.65 bits per heavy atom. The van der Waals surface area contributed by atoms with Gasteiger partial charge in [0.25, 0.3) is 0 Å². The Morgan fingerprint density at radius 1 is 0.968 bits per heavy atom. The van der Waals surface area contributed by atoms with E-state index in [2.05, 4.69) is 10.1 Å². The molecule has 0 bridgehead atoms. The van der Waals surface area contributed by atoms with Gasteiger partial charge in [-0.25, -0.2) is 4.79 Å². The molecule has 2 unspecified atom stereocenters. The number of aliphatic hydroxyl groups excluding tert-OH is 2. The second kappa shape index (κ2) is 12.5. The summed E-state index contributed by atoms with van der Waals surface area (Å²) in [7, 11) is 1.26. The predicted molar refractivity (Wildman–Crippen MR) is 112 cm³/mol. The molecule has 8 heteroatoms. The number of hydrogen-bond acceptors (Lipinski definition) is 7. The molecule has 0 aliphatic carbocycles. The van der Waals surface area contributed by atoms with Gasteiger partial charge < -0.3 is 25.0 Å². The lowest BCUT2D eigenvalue weighted by atomic mass is 9.99. The predicted octanol–water partition coefficient (Wildman–Crippen LogP) is 2.53. The van der Waals surface area contributed by atoms with Crippen LogP contribution in [-0.2, 0) is 20.9 Å². The van der Waals surface area contributed by atoms with E-state index in [9.17, 15) is 24.6 Å². The van der Waals surface area contributed by atoms with Gasteiger partial charge in [0.15, 0.2) is 5.78 Å². The molecule has 2 rings (SSSR count). The van der Waals surface area contributed by atoms with Crippen molar-refractivity contribution in [3.63, 3.8) is 0 Å². The van der Waals surface area contributed by atoms with E-state index in [1.165, 1.54) is 19.2 Å². The fourth-order valence-corrected chi connectivity index (χ4v) is 2.80. The number of ether oxygens (including phenoxy) is 2. The number of rotatable bonds is 11. The molecule has 166 valence electrons. The van der Waals surface area contributed by atoms with Crippen molar-refractivity contribution in [3.05, 3.63) is 71.3 Å². The van der Waals surface area contributed by atoms with Crippen LogP contribution in [0, 0.1) is 0 Å². The van der Waals surface area contributed by atoms with Crippen molar-refractivity contribution in [2.45, 2.75) is 38.1 Å². The molecule has 8 nitrogen and oxygen atoms in total. The first-order valence-corrected chi connectivity index (χ1v) is 9.91. The van der Waals surface area contributed by atoms with Crippen molar-refractivity contribution in [2.24, 2.45) is 0 Å². The highest BCUT2D eigenvalue weighted by molar-refractivity contribution is 5.97. The fourth-order valence-electron chi connectivity index (χ4n) is 2.80. The summed E-state index contributed by atoms with van der Waals surface area (Å²) in [5.74, 6) is -0.675. The van der Waals surface area contributed by atoms with Crippen LogP contribution in [-0.4, -0.2) is 47.8 Å². The average Bonchev–Trinajstić information content (AvgIpc) is 2.81. The largest absolute Gasteiger partial charge is 0.469 e. The normalized spacial score (nSPS) is 12.5. The molecule has 0 radical (unpaired) electrons. The molecule has 0 saturated carbocycles. The third-order valence-electron chi connectivity index (χ3n) is 4.64. The van der Waals surface area contributed by atoms with Gasteiger partial charge in [-0.1, -0.05) is 54.6 Å². The van der Waals surface area contributed by atoms with Crippen LogP contribution in [0.2, 0.25) is 0 Å². The maximum atomic E-state index is 12.1. The summed E-state index contributed by atoms with van der Waals surface area (Å²) in [4.78, 5) is 34.9. The topological polar surface area (TPSA) is 122 Å². The number of carbonyl (C=O) groups excluding carboxylic acids is 3. The molecular weight excluding hydrogens is 402 g/mol. The number of esters is 1. The third-order valence-corrected chi connectivity index (χ3v) is 4.64. The van der Waals surface area contributed by atoms with Crippen molar-refractivity contribution in [2.75, 3.05) is 13.7 Å². The number of methoxy groups -OCH3 is 1. The molecule has 0 fully saturated rings. The smallest absolute Gasteiger partial charge is 0.407 e. The van der Waals surface area contributed by atoms with Crippen LogP contribution in [0.5, 0.6) is 0 Å². The SMILES string of the molecule is COC(=O)CCC(=O)c1ccc(C(O)C(O)CCNC(=O)OCc2ccccc2)cc1. The number of amides is 1. The maximum Gasteiger partial charge on any atom is 0.407 e. The molecule has 0 saturated heterocycles. The van der Waals surface area contributed by atoms with Gasteiger partial charge in [0.05, 0.1) is 19.6 Å². The maximum absolute atomic E-state index is 12.1. The Bertz CT molecular complexity index is 852. The quantitative estimate of drug-likeness (QED) is 0.371. The number of aliphatic hydroxyl groups is 2. The Morgan fingerprint density at radius 3 is 2.29 bits per heavy atom. The minimum atomic E-state index is -1.18. The monoisotopic (exact) mass is 429 g/mol. The minimum absolute atomic E-state index is 0.000787. The standard InChI is InChI=1S/C23H27NO7/c1-30-21(27)12-11-19(25)17-7-9-18(10-8-17)22(28)20(26)13-14-24-23(29)31-15-16-5-3-2-4-6-16/h2-10,20,22,26,28H,11-15H2,1H3,(H,24,29). The van der Waals surface area contributed by atoms with Crippen LogP contribution >= 0.6 is 0 Å². The lowest BCUT2D eigenvalue weighted by Gasteiger charge is -2.18. The van der Waals surface area contributed by atoms with Gasteiger partial charge in [-0.05, 0) is 17.5 Å². The second-order valence-electron chi connectivity index (χ2n) is 6.91. The number of ketones is 1. The van der Waals surface area contributed by atoms with Crippen molar-refractivity contribution < 1.29 is 34.1 Å². The van der Waals surface area contributed by atoms with Crippen molar-refractivity contribution >= 4 is 17.8 Å². The summed E-state index contributed by atoms with van der Waals surface area (Å²) >= 11 is 0. The molecule has 0 spiro atoms. The summed E-state index contributed by atoms with van der Waals surface area (Å²) in [6.45, 7) is 0.262. The molecule has 0 aromatic heterocycles. The van der Waals surface area contributed by atoms with Crippen molar-refractivity contribution in [3.8, 4) is 0 Å². The van der Waals surface area contributed by atoms with Gasteiger partial charge in [-0.2, -0.15) is 0 Å². The lowest BCUT2D eigenvalue weighted by Crippen LogP contribution is -2.29. The number of hydrogen-bond donors (Lipinski definition) is 3. The van der Waals surface area contributed by atoms with Crippen LogP contribution in [0.15, 0.2) is 54.6 Å². The van der Waals surface area contributed by atoms with Crippen molar-refractivity contribution in [1.29, 1.82) is 0 Å². The zero-order chi connectivity index (χ0) is 22.6. The van der Waals surface area contributed by atoms with Gasteiger partial charge in [-0.15, -0.1) is 0 Å². The third kappa shape index (κ3) is 8.19. The van der Waals surface area contributed by atoms with Crippen LogP contribution in [0.25, 0.3) is 0 Å². The number of Topliss-reactive ketones (excluding diaryl/α,β-unsaturated/α-hetero) is 1. The molecule has 0 aliphatic heterocycles. The molecule has 3 N–H and O–H groups in total. The highest BCUT2D eigenvalue weighted by Gasteiger charge is 2.19. The van der Waals surface area contributed by atoms with E-state index in [0.29, 0.717) is 11.1 Å². The van der Waals surface area contributed by atoms with Crippen LogP contribution in [0.1, 0.15) is 46.9 Å². The van der Waals surface area contributed by atoms with Gasteiger partial charge in [0, 0.05) is 18.5 Å². The summed E-state index contributed by atoms with van der Waals surface area (Å²) in [6.07, 6.45) is -2.76. The van der Waals surface area contributed by atoms with E-state index in [1.807, 2.05) is 30.3 Å². The second-order valence-corrected chi connectivity index (χ2v) is 6.91. The molecule has 2 aromatic carbocycles. The van der Waals surface area contributed by atoms with E-state index >= 15 is 0 Å². The summed E-state index contributed by atoms with van der Waals surface area (Å²) in [5.41, 5.74) is 1.70. The number of nitrogens with one attached hydrogen (secondary N) is 1. The Labute approximate surface area is 180 Å². The number of alkyl carbamates (subject to hydrolysis) is 1. The first kappa shape index (κ1) is 24.0. The van der Waals surface area contributed by atoms with E-state index in [4.69, 9.17) is 4.74 Å². The Kier molecular flexibility index (Phi) is 9.67. The molecule has 2 atom stereocenters. The highest BCUT2D eigenvalue weighted by Crippen LogP contribution is 2.20. The van der Waals surface area contributed by atoms with Crippen molar-refractivity contribution in [1.82, 2.24) is 5.32 Å². The lowest BCUT2D eigenvalue weighted by molar-refractivity contribution is -0.140. The first-order valence-electron chi connectivity index (χ1n) is 9.91. The fraction of sp³-hybridized carbons (Fsp3) is 0.348.